The summed E-state index contributed by atoms with van der Waals surface area (Å²) in [4.78, 5) is 6.84. The first kappa shape index (κ1) is 24.2. The van der Waals surface area contributed by atoms with E-state index in [4.69, 9.17) is 4.74 Å². The fourth-order valence-corrected chi connectivity index (χ4v) is 3.67. The van der Waals surface area contributed by atoms with E-state index in [9.17, 15) is 8.42 Å². The van der Waals surface area contributed by atoms with Crippen molar-refractivity contribution >= 4 is 39.8 Å². The Morgan fingerprint density at radius 3 is 2.74 bits per heavy atom. The van der Waals surface area contributed by atoms with Gasteiger partial charge in [0, 0.05) is 38.4 Å². The lowest BCUT2D eigenvalue weighted by molar-refractivity contribution is 0.0907. The third-order valence-corrected chi connectivity index (χ3v) is 5.35. The van der Waals surface area contributed by atoms with Gasteiger partial charge in [0.15, 0.2) is 5.96 Å². The van der Waals surface area contributed by atoms with Crippen LogP contribution in [-0.4, -0.2) is 64.1 Å². The summed E-state index contributed by atoms with van der Waals surface area (Å²) in [5.41, 5.74) is 1.20. The van der Waals surface area contributed by atoms with Gasteiger partial charge in [0.05, 0.1) is 19.0 Å². The minimum absolute atomic E-state index is 0. The minimum Gasteiger partial charge on any atom is -0.376 e. The van der Waals surface area contributed by atoms with Gasteiger partial charge in [-0.2, -0.15) is 0 Å². The maximum atomic E-state index is 11.2. The molecule has 6 nitrogen and oxygen atoms in total. The van der Waals surface area contributed by atoms with Gasteiger partial charge in [-0.05, 0) is 25.3 Å². The molecule has 2 rings (SSSR count). The van der Waals surface area contributed by atoms with Gasteiger partial charge in [0.2, 0.25) is 0 Å². The molecule has 0 radical (unpaired) electrons. The van der Waals surface area contributed by atoms with Crippen LogP contribution in [0, 0.1) is 5.92 Å². The largest absolute Gasteiger partial charge is 0.376 e. The lowest BCUT2D eigenvalue weighted by Gasteiger charge is -2.21. The van der Waals surface area contributed by atoms with Gasteiger partial charge < -0.3 is 15.0 Å². The highest BCUT2D eigenvalue weighted by molar-refractivity contribution is 14.0. The number of ether oxygens (including phenoxy) is 1. The maximum Gasteiger partial charge on any atom is 0.193 e. The fraction of sp³-hybridized carbons (Fsp3) is 0.632. The molecule has 0 saturated carbocycles. The predicted octanol–water partition coefficient (Wildman–Crippen LogP) is 2.54. The number of likely N-dealkylation sites (tertiary alicyclic amines) is 1. The Hall–Kier alpha value is -0.870. The van der Waals surface area contributed by atoms with E-state index < -0.39 is 9.84 Å². The predicted molar refractivity (Wildman–Crippen MR) is 121 cm³/mol. The number of benzene rings is 1. The highest BCUT2D eigenvalue weighted by Crippen LogP contribution is 2.17. The molecule has 1 aliphatic heterocycles. The molecule has 0 spiro atoms. The topological polar surface area (TPSA) is 71.0 Å². The van der Waals surface area contributed by atoms with Crippen molar-refractivity contribution < 1.29 is 13.2 Å². The van der Waals surface area contributed by atoms with Crippen LogP contribution in [0.15, 0.2) is 35.3 Å². The Balaban J connectivity index is 0.00000364. The van der Waals surface area contributed by atoms with E-state index in [0.717, 1.165) is 38.6 Å². The molecule has 0 aliphatic carbocycles. The third-order valence-electron chi connectivity index (χ3n) is 4.32. The number of halogens is 1. The molecule has 1 N–H and O–H groups in total. The molecule has 1 aromatic carbocycles. The second-order valence-electron chi connectivity index (χ2n) is 6.82. The average molecular weight is 509 g/mol. The van der Waals surface area contributed by atoms with Gasteiger partial charge in [-0.25, -0.2) is 8.42 Å². The molecule has 1 heterocycles. The number of aliphatic imine (C=N–C) groups is 1. The van der Waals surface area contributed by atoms with Gasteiger partial charge in [0.1, 0.15) is 9.84 Å². The number of guanidine groups is 1. The highest BCUT2D eigenvalue weighted by atomic mass is 127. The number of hydrogen-bond donors (Lipinski definition) is 1. The zero-order valence-corrected chi connectivity index (χ0v) is 19.4. The van der Waals surface area contributed by atoms with Gasteiger partial charge in [0.25, 0.3) is 0 Å². The number of nitrogens with one attached hydrogen (secondary N) is 1. The molecule has 1 unspecified atom stereocenters. The molecular weight excluding hydrogens is 477 g/mol. The minimum atomic E-state index is -2.92. The van der Waals surface area contributed by atoms with Gasteiger partial charge in [-0.1, -0.05) is 30.3 Å². The van der Waals surface area contributed by atoms with Crippen LogP contribution in [0.3, 0.4) is 0 Å². The first-order chi connectivity index (χ1) is 12.5. The van der Waals surface area contributed by atoms with Crippen molar-refractivity contribution in [2.75, 3.05) is 44.8 Å². The monoisotopic (exact) mass is 509 g/mol. The van der Waals surface area contributed by atoms with Crippen molar-refractivity contribution in [2.24, 2.45) is 10.9 Å². The molecule has 0 bridgehead atoms. The Morgan fingerprint density at radius 2 is 2.07 bits per heavy atom. The van der Waals surface area contributed by atoms with E-state index in [1.807, 2.05) is 25.1 Å². The molecule has 1 atom stereocenters. The van der Waals surface area contributed by atoms with Crippen LogP contribution >= 0.6 is 24.0 Å². The summed E-state index contributed by atoms with van der Waals surface area (Å²) in [5.74, 6) is 1.57. The molecule has 1 aliphatic rings. The summed E-state index contributed by atoms with van der Waals surface area (Å²) in [6, 6.07) is 10.2. The molecule has 1 fully saturated rings. The van der Waals surface area contributed by atoms with Gasteiger partial charge in [-0.15, -0.1) is 24.0 Å². The SMILES string of the molecule is CCNC(=NCCCS(C)(=O)=O)N1CCC(COCc2ccccc2)C1.I. The lowest BCUT2D eigenvalue weighted by atomic mass is 10.1. The van der Waals surface area contributed by atoms with Crippen LogP contribution in [0.25, 0.3) is 0 Å². The van der Waals surface area contributed by atoms with Crippen LogP contribution in [-0.2, 0) is 21.2 Å². The molecule has 0 aromatic heterocycles. The Bertz CT molecular complexity index is 668. The smallest absolute Gasteiger partial charge is 0.193 e. The van der Waals surface area contributed by atoms with Crippen molar-refractivity contribution in [3.63, 3.8) is 0 Å². The molecule has 1 aromatic rings. The normalized spacial score (nSPS) is 17.6. The molecule has 27 heavy (non-hydrogen) atoms. The first-order valence-electron chi connectivity index (χ1n) is 9.30. The second kappa shape index (κ2) is 12.6. The fourth-order valence-electron chi connectivity index (χ4n) is 3.02. The third kappa shape index (κ3) is 9.75. The van der Waals surface area contributed by atoms with E-state index in [1.54, 1.807) is 0 Å². The van der Waals surface area contributed by atoms with E-state index in [2.05, 4.69) is 27.3 Å². The summed E-state index contributed by atoms with van der Waals surface area (Å²) < 4.78 is 28.3. The van der Waals surface area contributed by atoms with Crippen LogP contribution in [0.4, 0.5) is 0 Å². The van der Waals surface area contributed by atoms with Crippen LogP contribution in [0.2, 0.25) is 0 Å². The molecular formula is C19H32IN3O3S. The van der Waals surface area contributed by atoms with Crippen LogP contribution < -0.4 is 5.32 Å². The van der Waals surface area contributed by atoms with Crippen molar-refractivity contribution in [1.82, 2.24) is 10.2 Å². The second-order valence-corrected chi connectivity index (χ2v) is 9.08. The standard InChI is InChI=1S/C19H31N3O3S.HI/c1-3-20-19(21-11-7-13-26(2,23)24)22-12-10-18(14-22)16-25-15-17-8-5-4-6-9-17;/h4-6,8-9,18H,3,7,10-16H2,1-2H3,(H,20,21);1H. The highest BCUT2D eigenvalue weighted by Gasteiger charge is 2.24. The van der Waals surface area contributed by atoms with Crippen molar-refractivity contribution in [1.29, 1.82) is 0 Å². The number of hydrogen-bond acceptors (Lipinski definition) is 4. The van der Waals surface area contributed by atoms with Crippen molar-refractivity contribution in [3.8, 4) is 0 Å². The van der Waals surface area contributed by atoms with E-state index in [-0.39, 0.29) is 29.7 Å². The first-order valence-corrected chi connectivity index (χ1v) is 11.4. The number of sulfone groups is 1. The van der Waals surface area contributed by atoms with Crippen molar-refractivity contribution in [2.45, 2.75) is 26.4 Å². The van der Waals surface area contributed by atoms with Crippen molar-refractivity contribution in [3.05, 3.63) is 35.9 Å². The van der Waals surface area contributed by atoms with E-state index in [0.29, 0.717) is 25.5 Å². The van der Waals surface area contributed by atoms with Crippen LogP contribution in [0.1, 0.15) is 25.3 Å². The number of nitrogens with zero attached hydrogens (tertiary/aromatic N) is 2. The summed E-state index contributed by atoms with van der Waals surface area (Å²) in [5, 5.41) is 3.31. The molecule has 8 heteroatoms. The van der Waals surface area contributed by atoms with Crippen LogP contribution in [0.5, 0.6) is 0 Å². The molecule has 154 valence electrons. The molecule has 0 amide bonds. The quantitative estimate of drug-likeness (QED) is 0.240. The van der Waals surface area contributed by atoms with E-state index in [1.165, 1.54) is 11.8 Å². The summed E-state index contributed by atoms with van der Waals surface area (Å²) in [6.45, 7) is 6.65. The summed E-state index contributed by atoms with van der Waals surface area (Å²) in [7, 11) is -2.92. The zero-order valence-electron chi connectivity index (χ0n) is 16.3. The summed E-state index contributed by atoms with van der Waals surface area (Å²) >= 11 is 0. The zero-order chi connectivity index (χ0) is 18.8. The van der Waals surface area contributed by atoms with Gasteiger partial charge >= 0.3 is 0 Å². The summed E-state index contributed by atoms with van der Waals surface area (Å²) in [6.07, 6.45) is 2.91. The lowest BCUT2D eigenvalue weighted by Crippen LogP contribution is -2.40. The average Bonchev–Trinajstić information content (AvgIpc) is 3.06. The van der Waals surface area contributed by atoms with Gasteiger partial charge in [-0.3, -0.25) is 4.99 Å². The maximum absolute atomic E-state index is 11.2. The Labute approximate surface area is 180 Å². The Morgan fingerprint density at radius 1 is 1.33 bits per heavy atom. The van der Waals surface area contributed by atoms with E-state index >= 15 is 0 Å². The molecule has 1 saturated heterocycles. The number of rotatable bonds is 9. The Kier molecular flexibility index (Phi) is 11.2.